The van der Waals surface area contributed by atoms with Gasteiger partial charge in [-0.3, -0.25) is 4.79 Å². The van der Waals surface area contributed by atoms with E-state index in [1.54, 1.807) is 12.2 Å². The van der Waals surface area contributed by atoms with Crippen LogP contribution in [0.5, 0.6) is 0 Å². The van der Waals surface area contributed by atoms with E-state index in [1.165, 1.54) is 0 Å². The van der Waals surface area contributed by atoms with Crippen molar-refractivity contribution in [3.63, 3.8) is 0 Å². The standard InChI is InChI=1S/C21H24ClN3O/c1-2-24-13-15-25(16-14-24)20-6-4-3-5-19(20)23-21(26)12-9-17-7-10-18(22)11-8-17/h3-12H,2,13-16H2,1H3,(H,23,26)/b12-9+. The number of benzene rings is 2. The zero-order chi connectivity index (χ0) is 18.4. The highest BCUT2D eigenvalue weighted by Gasteiger charge is 2.18. The summed E-state index contributed by atoms with van der Waals surface area (Å²) < 4.78 is 0. The van der Waals surface area contributed by atoms with Crippen LogP contribution in [0, 0.1) is 0 Å². The maximum atomic E-state index is 12.3. The molecule has 26 heavy (non-hydrogen) atoms. The normalized spacial score (nSPS) is 15.4. The summed E-state index contributed by atoms with van der Waals surface area (Å²) in [5.74, 6) is -0.139. The van der Waals surface area contributed by atoms with Crippen molar-refractivity contribution in [3.05, 3.63) is 65.2 Å². The Morgan fingerprint density at radius 3 is 2.46 bits per heavy atom. The van der Waals surface area contributed by atoms with Crippen molar-refractivity contribution in [2.24, 2.45) is 0 Å². The van der Waals surface area contributed by atoms with Gasteiger partial charge in [-0.05, 0) is 42.4 Å². The summed E-state index contributed by atoms with van der Waals surface area (Å²) in [6.07, 6.45) is 3.34. The number of nitrogens with one attached hydrogen (secondary N) is 1. The number of anilines is 2. The molecule has 136 valence electrons. The highest BCUT2D eigenvalue weighted by atomic mass is 35.5. The lowest BCUT2D eigenvalue weighted by Gasteiger charge is -2.36. The van der Waals surface area contributed by atoms with Gasteiger partial charge in [-0.1, -0.05) is 42.8 Å². The molecule has 1 saturated heterocycles. The molecule has 1 amide bonds. The van der Waals surface area contributed by atoms with E-state index in [9.17, 15) is 4.79 Å². The quantitative estimate of drug-likeness (QED) is 0.805. The molecule has 4 nitrogen and oxygen atoms in total. The van der Waals surface area contributed by atoms with Crippen molar-refractivity contribution >= 4 is 35.0 Å². The van der Waals surface area contributed by atoms with Gasteiger partial charge in [0.1, 0.15) is 0 Å². The summed E-state index contributed by atoms with van der Waals surface area (Å²) in [5, 5.41) is 3.69. The molecule has 3 rings (SSSR count). The lowest BCUT2D eigenvalue weighted by atomic mass is 10.2. The number of rotatable bonds is 5. The number of halogens is 1. The molecule has 0 aromatic heterocycles. The van der Waals surface area contributed by atoms with Crippen molar-refractivity contribution in [2.45, 2.75) is 6.92 Å². The van der Waals surface area contributed by atoms with E-state index in [0.29, 0.717) is 5.02 Å². The number of hydrogen-bond acceptors (Lipinski definition) is 3. The first kappa shape index (κ1) is 18.5. The monoisotopic (exact) mass is 369 g/mol. The van der Waals surface area contributed by atoms with Crippen LogP contribution in [-0.2, 0) is 4.79 Å². The molecule has 1 aliphatic rings. The SMILES string of the molecule is CCN1CCN(c2ccccc2NC(=O)/C=C/c2ccc(Cl)cc2)CC1. The van der Waals surface area contributed by atoms with Gasteiger partial charge in [-0.15, -0.1) is 0 Å². The first-order chi connectivity index (χ1) is 12.7. The van der Waals surface area contributed by atoms with Gasteiger partial charge in [0.05, 0.1) is 11.4 Å². The molecule has 1 heterocycles. The van der Waals surface area contributed by atoms with Crippen LogP contribution >= 0.6 is 11.6 Å². The van der Waals surface area contributed by atoms with E-state index < -0.39 is 0 Å². The number of nitrogens with zero attached hydrogens (tertiary/aromatic N) is 2. The fourth-order valence-electron chi connectivity index (χ4n) is 3.08. The summed E-state index contributed by atoms with van der Waals surface area (Å²) >= 11 is 5.88. The molecule has 1 aliphatic heterocycles. The molecule has 0 spiro atoms. The molecule has 0 aliphatic carbocycles. The third-order valence-corrected chi connectivity index (χ3v) is 4.87. The van der Waals surface area contributed by atoms with Gasteiger partial charge >= 0.3 is 0 Å². The predicted molar refractivity (Wildman–Crippen MR) is 110 cm³/mol. The molecule has 0 radical (unpaired) electrons. The minimum Gasteiger partial charge on any atom is -0.367 e. The third-order valence-electron chi connectivity index (χ3n) is 4.62. The second-order valence-corrected chi connectivity index (χ2v) is 6.75. The van der Waals surface area contributed by atoms with Crippen LogP contribution in [-0.4, -0.2) is 43.5 Å². The Morgan fingerprint density at radius 1 is 1.08 bits per heavy atom. The molecule has 0 saturated carbocycles. The Bertz CT molecular complexity index is 765. The topological polar surface area (TPSA) is 35.6 Å². The fourth-order valence-corrected chi connectivity index (χ4v) is 3.21. The Kier molecular flexibility index (Phi) is 6.31. The number of likely N-dealkylation sites (N-methyl/N-ethyl adjacent to an activating group) is 1. The van der Waals surface area contributed by atoms with Crippen LogP contribution in [0.25, 0.3) is 6.08 Å². The predicted octanol–water partition coefficient (Wildman–Crippen LogP) is 4.13. The van der Waals surface area contributed by atoms with E-state index in [-0.39, 0.29) is 5.91 Å². The maximum absolute atomic E-state index is 12.3. The first-order valence-corrected chi connectivity index (χ1v) is 9.34. The highest BCUT2D eigenvalue weighted by Crippen LogP contribution is 2.26. The van der Waals surface area contributed by atoms with E-state index >= 15 is 0 Å². The third kappa shape index (κ3) is 4.87. The van der Waals surface area contributed by atoms with E-state index in [2.05, 4.69) is 28.1 Å². The van der Waals surface area contributed by atoms with E-state index in [1.807, 2.05) is 42.5 Å². The van der Waals surface area contributed by atoms with Gasteiger partial charge in [0.2, 0.25) is 5.91 Å². The van der Waals surface area contributed by atoms with Crippen molar-refractivity contribution in [3.8, 4) is 0 Å². The summed E-state index contributed by atoms with van der Waals surface area (Å²) in [5.41, 5.74) is 2.87. The van der Waals surface area contributed by atoms with E-state index in [0.717, 1.165) is 49.7 Å². The minimum absolute atomic E-state index is 0.139. The molecule has 0 atom stereocenters. The van der Waals surface area contributed by atoms with Crippen LogP contribution in [0.3, 0.4) is 0 Å². The molecule has 1 N–H and O–H groups in total. The smallest absolute Gasteiger partial charge is 0.248 e. The molecule has 0 bridgehead atoms. The summed E-state index contributed by atoms with van der Waals surface area (Å²) in [6.45, 7) is 7.33. The molecule has 2 aromatic rings. The van der Waals surface area contributed by atoms with Crippen LogP contribution in [0.2, 0.25) is 5.02 Å². The molecular formula is C21H24ClN3O. The first-order valence-electron chi connectivity index (χ1n) is 8.96. The second kappa shape index (κ2) is 8.88. The van der Waals surface area contributed by atoms with Crippen molar-refractivity contribution in [1.82, 2.24) is 4.90 Å². The second-order valence-electron chi connectivity index (χ2n) is 6.31. The van der Waals surface area contributed by atoms with Crippen LogP contribution in [0.15, 0.2) is 54.6 Å². The Hall–Kier alpha value is -2.30. The van der Waals surface area contributed by atoms with Crippen molar-refractivity contribution in [1.29, 1.82) is 0 Å². The number of para-hydroxylation sites is 2. The molecule has 5 heteroatoms. The number of carbonyl (C=O) groups excluding carboxylic acids is 1. The Labute approximate surface area is 160 Å². The Balaban J connectivity index is 1.66. The van der Waals surface area contributed by atoms with Gasteiger partial charge in [0.25, 0.3) is 0 Å². The molecule has 2 aromatic carbocycles. The average molecular weight is 370 g/mol. The number of hydrogen-bond donors (Lipinski definition) is 1. The lowest BCUT2D eigenvalue weighted by molar-refractivity contribution is -0.111. The fraction of sp³-hybridized carbons (Fsp3) is 0.286. The summed E-state index contributed by atoms with van der Waals surface area (Å²) in [7, 11) is 0. The van der Waals surface area contributed by atoms with Gasteiger partial charge in [-0.2, -0.15) is 0 Å². The van der Waals surface area contributed by atoms with Crippen molar-refractivity contribution in [2.75, 3.05) is 42.9 Å². The Morgan fingerprint density at radius 2 is 1.77 bits per heavy atom. The lowest BCUT2D eigenvalue weighted by Crippen LogP contribution is -2.46. The molecular weight excluding hydrogens is 346 g/mol. The van der Waals surface area contributed by atoms with Gasteiger partial charge < -0.3 is 15.1 Å². The molecule has 1 fully saturated rings. The summed E-state index contributed by atoms with van der Waals surface area (Å²) in [4.78, 5) is 17.1. The van der Waals surface area contributed by atoms with Crippen molar-refractivity contribution < 1.29 is 4.79 Å². The highest BCUT2D eigenvalue weighted by molar-refractivity contribution is 6.30. The van der Waals surface area contributed by atoms with E-state index in [4.69, 9.17) is 11.6 Å². The van der Waals surface area contributed by atoms with Crippen LogP contribution in [0.4, 0.5) is 11.4 Å². The number of piperazine rings is 1. The number of amides is 1. The average Bonchev–Trinajstić information content (AvgIpc) is 2.68. The minimum atomic E-state index is -0.139. The van der Waals surface area contributed by atoms with Gasteiger partial charge in [0, 0.05) is 37.3 Å². The van der Waals surface area contributed by atoms with Crippen LogP contribution in [0.1, 0.15) is 12.5 Å². The van der Waals surface area contributed by atoms with Crippen LogP contribution < -0.4 is 10.2 Å². The van der Waals surface area contributed by atoms with Gasteiger partial charge in [-0.25, -0.2) is 0 Å². The zero-order valence-electron chi connectivity index (χ0n) is 15.0. The molecule has 0 unspecified atom stereocenters. The summed E-state index contributed by atoms with van der Waals surface area (Å²) in [6, 6.07) is 15.4. The number of carbonyl (C=O) groups is 1. The zero-order valence-corrected chi connectivity index (χ0v) is 15.7. The van der Waals surface area contributed by atoms with Gasteiger partial charge in [0.15, 0.2) is 0 Å². The largest absolute Gasteiger partial charge is 0.367 e. The maximum Gasteiger partial charge on any atom is 0.248 e.